The van der Waals surface area contributed by atoms with E-state index in [2.05, 4.69) is 58.1 Å². The summed E-state index contributed by atoms with van der Waals surface area (Å²) in [6, 6.07) is 7.07. The Balaban J connectivity index is 2.56. The Morgan fingerprint density at radius 3 is 2.29 bits per heavy atom. The average Bonchev–Trinajstić information content (AvgIpc) is 2.49. The van der Waals surface area contributed by atoms with Crippen molar-refractivity contribution in [1.29, 1.82) is 0 Å². The highest BCUT2D eigenvalue weighted by atomic mass is 14.8. The Morgan fingerprint density at radius 1 is 0.905 bits per heavy atom. The molecule has 1 heteroatoms. The van der Waals surface area contributed by atoms with E-state index in [1.165, 1.54) is 36.8 Å². The van der Waals surface area contributed by atoms with Crippen molar-refractivity contribution in [3.8, 4) is 0 Å². The normalized spacial score (nSPS) is 11.9. The number of rotatable bonds is 10. The molecule has 0 saturated carbocycles. The fourth-order valence-electron chi connectivity index (χ4n) is 2.80. The summed E-state index contributed by atoms with van der Waals surface area (Å²) in [5.41, 5.74) is 5.01. The van der Waals surface area contributed by atoms with Gasteiger partial charge >= 0.3 is 0 Å². The number of hydrogen-bond donors (Lipinski definition) is 1. The molecular weight excluding hydrogens is 254 g/mol. The van der Waals surface area contributed by atoms with Crippen LogP contribution in [0.25, 0.3) is 0 Å². The maximum atomic E-state index is 3.53. The molecule has 0 atom stereocenters. The monoisotopic (exact) mass is 289 g/mol. The minimum Gasteiger partial charge on any atom is -0.317 e. The summed E-state index contributed by atoms with van der Waals surface area (Å²) in [6.45, 7) is 13.9. The molecule has 0 bridgehead atoms. The molecule has 0 fully saturated rings. The van der Waals surface area contributed by atoms with Crippen LogP contribution < -0.4 is 5.32 Å². The molecule has 0 heterocycles. The highest BCUT2D eigenvalue weighted by Gasteiger charge is 2.17. The van der Waals surface area contributed by atoms with E-state index in [9.17, 15) is 0 Å². The summed E-state index contributed by atoms with van der Waals surface area (Å²) in [5, 5.41) is 3.53. The number of aryl methyl sites for hydroxylation is 3. The lowest BCUT2D eigenvalue weighted by Gasteiger charge is -2.25. The van der Waals surface area contributed by atoms with E-state index in [4.69, 9.17) is 0 Å². The van der Waals surface area contributed by atoms with Crippen LogP contribution in [-0.4, -0.2) is 13.1 Å². The van der Waals surface area contributed by atoms with Gasteiger partial charge in [-0.1, -0.05) is 52.8 Å². The minimum atomic E-state index is 0.425. The molecule has 0 saturated heterocycles. The van der Waals surface area contributed by atoms with E-state index in [1.807, 2.05) is 0 Å². The van der Waals surface area contributed by atoms with Crippen LogP contribution >= 0.6 is 0 Å². The molecule has 0 amide bonds. The van der Waals surface area contributed by atoms with Gasteiger partial charge in [0, 0.05) is 0 Å². The maximum absolute atomic E-state index is 3.53. The van der Waals surface area contributed by atoms with Crippen LogP contribution in [0, 0.1) is 5.41 Å². The highest BCUT2D eigenvalue weighted by Crippen LogP contribution is 2.28. The first-order valence-electron chi connectivity index (χ1n) is 8.83. The molecule has 120 valence electrons. The number of hydrogen-bond acceptors (Lipinski definition) is 1. The summed E-state index contributed by atoms with van der Waals surface area (Å²) in [7, 11) is 0. The molecule has 0 radical (unpaired) electrons. The van der Waals surface area contributed by atoms with Gasteiger partial charge in [-0.05, 0) is 73.7 Å². The van der Waals surface area contributed by atoms with Crippen LogP contribution in [0.2, 0.25) is 0 Å². The second-order valence-electron chi connectivity index (χ2n) is 6.97. The van der Waals surface area contributed by atoms with Crippen LogP contribution in [0.5, 0.6) is 0 Å². The third kappa shape index (κ3) is 6.65. The van der Waals surface area contributed by atoms with Gasteiger partial charge in [0.2, 0.25) is 0 Å². The standard InChI is InChI=1S/C20H35N/c1-6-14-21-15-13-20(4,5)12-11-19-16-17(7-2)9-10-18(19)8-3/h9-10,16,21H,6-8,11-15H2,1-5H3. The topological polar surface area (TPSA) is 12.0 Å². The van der Waals surface area contributed by atoms with Crippen molar-refractivity contribution in [1.82, 2.24) is 5.32 Å². The lowest BCUT2D eigenvalue weighted by atomic mass is 9.82. The molecule has 1 N–H and O–H groups in total. The first-order chi connectivity index (χ1) is 10.0. The van der Waals surface area contributed by atoms with Crippen molar-refractivity contribution >= 4 is 0 Å². The van der Waals surface area contributed by atoms with Crippen LogP contribution in [-0.2, 0) is 19.3 Å². The molecule has 1 aromatic rings. The van der Waals surface area contributed by atoms with Crippen molar-refractivity contribution in [2.75, 3.05) is 13.1 Å². The molecule has 0 spiro atoms. The first-order valence-corrected chi connectivity index (χ1v) is 8.83. The second-order valence-corrected chi connectivity index (χ2v) is 6.97. The summed E-state index contributed by atoms with van der Waals surface area (Å²) in [6.07, 6.45) is 7.28. The van der Waals surface area contributed by atoms with Crippen molar-refractivity contribution in [3.05, 3.63) is 34.9 Å². The molecule has 0 aromatic heterocycles. The third-order valence-electron chi connectivity index (χ3n) is 4.54. The van der Waals surface area contributed by atoms with Crippen LogP contribution in [0.4, 0.5) is 0 Å². The Kier molecular flexibility index (Phi) is 8.03. The molecular formula is C20H35N. The molecule has 21 heavy (non-hydrogen) atoms. The zero-order chi connectivity index (χ0) is 15.7. The lowest BCUT2D eigenvalue weighted by molar-refractivity contribution is 0.302. The van der Waals surface area contributed by atoms with Gasteiger partial charge in [0.1, 0.15) is 0 Å². The smallest absolute Gasteiger partial charge is 0.00438 e. The maximum Gasteiger partial charge on any atom is -0.00438 e. The van der Waals surface area contributed by atoms with Crippen molar-refractivity contribution in [2.45, 2.75) is 73.1 Å². The SMILES string of the molecule is CCCNCCC(C)(C)CCc1cc(CC)ccc1CC. The first kappa shape index (κ1) is 18.2. The predicted molar refractivity (Wildman–Crippen MR) is 95.1 cm³/mol. The van der Waals surface area contributed by atoms with Crippen LogP contribution in [0.3, 0.4) is 0 Å². The molecule has 0 unspecified atom stereocenters. The molecule has 0 aliphatic heterocycles. The summed E-state index contributed by atoms with van der Waals surface area (Å²) < 4.78 is 0. The van der Waals surface area contributed by atoms with Gasteiger partial charge in [-0.25, -0.2) is 0 Å². The van der Waals surface area contributed by atoms with E-state index >= 15 is 0 Å². The average molecular weight is 290 g/mol. The molecule has 1 nitrogen and oxygen atoms in total. The van der Waals surface area contributed by atoms with Crippen molar-refractivity contribution < 1.29 is 0 Å². The molecule has 0 aliphatic rings. The van der Waals surface area contributed by atoms with Crippen LogP contribution in [0.15, 0.2) is 18.2 Å². The Bertz CT molecular complexity index is 406. The lowest BCUT2D eigenvalue weighted by Crippen LogP contribution is -2.23. The fourth-order valence-corrected chi connectivity index (χ4v) is 2.80. The fraction of sp³-hybridized carbons (Fsp3) is 0.700. The zero-order valence-electron chi connectivity index (χ0n) is 14.9. The summed E-state index contributed by atoms with van der Waals surface area (Å²) in [5.74, 6) is 0. The zero-order valence-corrected chi connectivity index (χ0v) is 14.9. The molecule has 1 aromatic carbocycles. The van der Waals surface area contributed by atoms with E-state index < -0.39 is 0 Å². The van der Waals surface area contributed by atoms with Gasteiger partial charge in [-0.3, -0.25) is 0 Å². The quantitative estimate of drug-likeness (QED) is 0.587. The third-order valence-corrected chi connectivity index (χ3v) is 4.54. The van der Waals surface area contributed by atoms with E-state index in [0.717, 1.165) is 25.9 Å². The molecule has 0 aliphatic carbocycles. The highest BCUT2D eigenvalue weighted by molar-refractivity contribution is 5.32. The Morgan fingerprint density at radius 2 is 1.67 bits per heavy atom. The van der Waals surface area contributed by atoms with E-state index in [1.54, 1.807) is 5.56 Å². The molecule has 1 rings (SSSR count). The predicted octanol–water partition coefficient (Wildman–Crippen LogP) is 5.16. The summed E-state index contributed by atoms with van der Waals surface area (Å²) in [4.78, 5) is 0. The van der Waals surface area contributed by atoms with Crippen molar-refractivity contribution in [3.63, 3.8) is 0 Å². The van der Waals surface area contributed by atoms with Gasteiger partial charge in [0.25, 0.3) is 0 Å². The van der Waals surface area contributed by atoms with Crippen LogP contribution in [0.1, 0.15) is 70.6 Å². The largest absolute Gasteiger partial charge is 0.317 e. The number of benzene rings is 1. The summed E-state index contributed by atoms with van der Waals surface area (Å²) >= 11 is 0. The Labute approximate surface area is 132 Å². The van der Waals surface area contributed by atoms with Gasteiger partial charge in [-0.2, -0.15) is 0 Å². The van der Waals surface area contributed by atoms with E-state index in [0.29, 0.717) is 5.41 Å². The minimum absolute atomic E-state index is 0.425. The van der Waals surface area contributed by atoms with Gasteiger partial charge in [0.15, 0.2) is 0 Å². The second kappa shape index (κ2) is 9.25. The number of nitrogens with one attached hydrogen (secondary N) is 1. The van der Waals surface area contributed by atoms with Gasteiger partial charge in [-0.15, -0.1) is 0 Å². The Hall–Kier alpha value is -0.820. The van der Waals surface area contributed by atoms with E-state index in [-0.39, 0.29) is 0 Å². The van der Waals surface area contributed by atoms with Gasteiger partial charge in [0.05, 0.1) is 0 Å². The van der Waals surface area contributed by atoms with Gasteiger partial charge < -0.3 is 5.32 Å². The van der Waals surface area contributed by atoms with Crippen molar-refractivity contribution in [2.24, 2.45) is 5.41 Å².